The molecule has 296 valence electrons. The molecule has 0 amide bonds. The normalized spacial score (nSPS) is 15.6. The van der Waals surface area contributed by atoms with Gasteiger partial charge >= 0.3 is 0 Å². The number of rotatable bonds is 3. The molecule has 1 heteroatoms. The fourth-order valence-corrected chi connectivity index (χ4v) is 11.9. The first-order valence-corrected chi connectivity index (χ1v) is 22.2. The maximum absolute atomic E-state index is 2.55. The summed E-state index contributed by atoms with van der Waals surface area (Å²) in [5.74, 6) is 0. The predicted molar refractivity (Wildman–Crippen MR) is 264 cm³/mol. The molecule has 0 radical (unpaired) electrons. The SMILES string of the molecule is CC1(C)c2cc(N(c3ccc4ccccc4c3)c3ccc4cc5c(cc4c3)C(C)(C)c3cc4ccccc4cc3-5)ccc2-c2cc3c(cc21)-c1c(ccc2ccccc12)C3(C)C. The van der Waals surface area contributed by atoms with Crippen molar-refractivity contribution in [2.75, 3.05) is 4.90 Å². The Kier molecular flexibility index (Phi) is 6.99. The predicted octanol–water partition coefficient (Wildman–Crippen LogP) is 16.7. The van der Waals surface area contributed by atoms with Gasteiger partial charge in [0.15, 0.2) is 0 Å². The fourth-order valence-electron chi connectivity index (χ4n) is 11.9. The number of hydrogen-bond acceptors (Lipinski definition) is 1. The van der Waals surface area contributed by atoms with Gasteiger partial charge in [0.05, 0.1) is 0 Å². The second kappa shape index (κ2) is 12.1. The van der Waals surface area contributed by atoms with Crippen molar-refractivity contribution in [1.29, 1.82) is 0 Å². The molecular formula is C61H47N. The topological polar surface area (TPSA) is 3.24 Å². The van der Waals surface area contributed by atoms with E-state index < -0.39 is 0 Å². The van der Waals surface area contributed by atoms with Crippen LogP contribution in [0.15, 0.2) is 176 Å². The Balaban J connectivity index is 0.971. The molecule has 0 atom stereocenters. The Morgan fingerprint density at radius 1 is 0.274 bits per heavy atom. The van der Waals surface area contributed by atoms with Gasteiger partial charge in [-0.1, -0.05) is 145 Å². The Hall–Kier alpha value is -6.96. The zero-order chi connectivity index (χ0) is 41.9. The van der Waals surface area contributed by atoms with E-state index in [1.54, 1.807) is 0 Å². The van der Waals surface area contributed by atoms with Crippen molar-refractivity contribution in [3.05, 3.63) is 209 Å². The van der Waals surface area contributed by atoms with Crippen LogP contribution in [0.3, 0.4) is 0 Å². The summed E-state index contributed by atoms with van der Waals surface area (Å²) < 4.78 is 0. The molecule has 0 fully saturated rings. The van der Waals surface area contributed by atoms with Gasteiger partial charge in [-0.2, -0.15) is 0 Å². The number of fused-ring (bicyclic) bond motifs is 14. The maximum Gasteiger partial charge on any atom is 0.0468 e. The molecule has 1 nitrogen and oxygen atoms in total. The van der Waals surface area contributed by atoms with Crippen LogP contribution < -0.4 is 4.90 Å². The molecule has 0 aliphatic heterocycles. The number of benzene rings is 10. The highest BCUT2D eigenvalue weighted by Gasteiger charge is 2.43. The molecule has 0 saturated carbocycles. The zero-order valence-electron chi connectivity index (χ0n) is 36.2. The number of nitrogens with zero attached hydrogens (tertiary/aromatic N) is 1. The Bertz CT molecular complexity index is 3620. The third-order valence-corrected chi connectivity index (χ3v) is 15.3. The third-order valence-electron chi connectivity index (χ3n) is 15.3. The zero-order valence-corrected chi connectivity index (χ0v) is 36.2. The van der Waals surface area contributed by atoms with E-state index in [2.05, 4.69) is 222 Å². The number of anilines is 3. The summed E-state index contributed by atoms with van der Waals surface area (Å²) in [6, 6.07) is 67.1. The summed E-state index contributed by atoms with van der Waals surface area (Å²) in [4.78, 5) is 2.48. The van der Waals surface area contributed by atoms with Gasteiger partial charge in [0.1, 0.15) is 0 Å². The van der Waals surface area contributed by atoms with Gasteiger partial charge in [0.2, 0.25) is 0 Å². The van der Waals surface area contributed by atoms with E-state index in [4.69, 9.17) is 0 Å². The van der Waals surface area contributed by atoms with Gasteiger partial charge < -0.3 is 4.90 Å². The number of hydrogen-bond donors (Lipinski definition) is 0. The second-order valence-corrected chi connectivity index (χ2v) is 19.8. The van der Waals surface area contributed by atoms with Gasteiger partial charge in [0.25, 0.3) is 0 Å². The first kappa shape index (κ1) is 35.8. The van der Waals surface area contributed by atoms with Gasteiger partial charge in [-0.3, -0.25) is 0 Å². The smallest absolute Gasteiger partial charge is 0.0468 e. The van der Waals surface area contributed by atoms with Gasteiger partial charge in [-0.25, -0.2) is 0 Å². The van der Waals surface area contributed by atoms with E-state index in [9.17, 15) is 0 Å². The van der Waals surface area contributed by atoms with E-state index >= 15 is 0 Å². The molecular weight excluding hydrogens is 747 g/mol. The van der Waals surface area contributed by atoms with Crippen LogP contribution in [0.2, 0.25) is 0 Å². The molecule has 0 N–H and O–H groups in total. The minimum Gasteiger partial charge on any atom is -0.310 e. The van der Waals surface area contributed by atoms with E-state index in [1.807, 2.05) is 0 Å². The molecule has 0 spiro atoms. The Labute approximate surface area is 363 Å². The highest BCUT2D eigenvalue weighted by atomic mass is 15.1. The quantitative estimate of drug-likeness (QED) is 0.172. The highest BCUT2D eigenvalue weighted by Crippen LogP contribution is 2.58. The summed E-state index contributed by atoms with van der Waals surface area (Å²) in [7, 11) is 0. The van der Waals surface area contributed by atoms with E-state index in [0.29, 0.717) is 0 Å². The molecule has 0 heterocycles. The standard InChI is InChI=1S/C61H47N/c1-59(2)52-26-21-37-14-11-12-18-46(37)58(52)51-35-56-50(34-57(51)59)47-25-24-45(33-55(47)61(56,5)6)62(43-22-19-36-13-7-8-15-38(36)27-43)44-23-20-41-30-49-48-29-39-16-9-10-17-40(39)31-53(48)60(3,4)54(49)32-42(41)28-44/h7-35H,1-6H3. The minimum atomic E-state index is -0.197. The molecule has 0 aromatic heterocycles. The highest BCUT2D eigenvalue weighted by molar-refractivity contribution is 6.04. The van der Waals surface area contributed by atoms with Crippen LogP contribution in [-0.2, 0) is 16.2 Å². The Morgan fingerprint density at radius 3 is 1.40 bits per heavy atom. The molecule has 3 aliphatic rings. The summed E-state index contributed by atoms with van der Waals surface area (Å²) in [5.41, 5.74) is 19.8. The van der Waals surface area contributed by atoms with Gasteiger partial charge in [-0.15, -0.1) is 0 Å². The molecule has 13 rings (SSSR count). The summed E-state index contributed by atoms with van der Waals surface area (Å²) >= 11 is 0. The van der Waals surface area contributed by atoms with Crippen LogP contribution in [0.1, 0.15) is 74.9 Å². The summed E-state index contributed by atoms with van der Waals surface area (Å²) in [5, 5.41) is 10.3. The maximum atomic E-state index is 2.55. The molecule has 0 saturated heterocycles. The minimum absolute atomic E-state index is 0.0915. The van der Waals surface area contributed by atoms with Crippen molar-refractivity contribution in [1.82, 2.24) is 0 Å². The summed E-state index contributed by atoms with van der Waals surface area (Å²) in [6.07, 6.45) is 0. The molecule has 62 heavy (non-hydrogen) atoms. The molecule has 10 aromatic rings. The van der Waals surface area contributed by atoms with Crippen LogP contribution in [0.4, 0.5) is 17.1 Å². The molecule has 3 aliphatic carbocycles. The van der Waals surface area contributed by atoms with Gasteiger partial charge in [-0.05, 0) is 183 Å². The van der Waals surface area contributed by atoms with Crippen molar-refractivity contribution >= 4 is 60.2 Å². The van der Waals surface area contributed by atoms with Crippen molar-refractivity contribution < 1.29 is 0 Å². The Morgan fingerprint density at radius 2 is 0.694 bits per heavy atom. The van der Waals surface area contributed by atoms with Crippen molar-refractivity contribution in [2.45, 2.75) is 57.8 Å². The average Bonchev–Trinajstić information content (AvgIpc) is 3.75. The van der Waals surface area contributed by atoms with Crippen LogP contribution in [0.5, 0.6) is 0 Å². The van der Waals surface area contributed by atoms with Crippen LogP contribution in [0.25, 0.3) is 76.5 Å². The summed E-state index contributed by atoms with van der Waals surface area (Å²) in [6.45, 7) is 14.5. The van der Waals surface area contributed by atoms with Crippen molar-refractivity contribution in [2.24, 2.45) is 0 Å². The molecule has 0 unspecified atom stereocenters. The van der Waals surface area contributed by atoms with Crippen LogP contribution in [0, 0.1) is 0 Å². The first-order chi connectivity index (χ1) is 30.0. The monoisotopic (exact) mass is 793 g/mol. The van der Waals surface area contributed by atoms with Gasteiger partial charge in [0, 0.05) is 33.3 Å². The fraction of sp³-hybridized carbons (Fsp3) is 0.148. The van der Waals surface area contributed by atoms with Crippen molar-refractivity contribution in [3.8, 4) is 33.4 Å². The molecule has 10 aromatic carbocycles. The van der Waals surface area contributed by atoms with E-state index in [0.717, 1.165) is 11.4 Å². The molecule has 0 bridgehead atoms. The average molecular weight is 794 g/mol. The van der Waals surface area contributed by atoms with E-state index in [-0.39, 0.29) is 16.2 Å². The lowest BCUT2D eigenvalue weighted by Gasteiger charge is -2.29. The van der Waals surface area contributed by atoms with Crippen LogP contribution in [-0.4, -0.2) is 0 Å². The van der Waals surface area contributed by atoms with Crippen molar-refractivity contribution in [3.63, 3.8) is 0 Å². The first-order valence-electron chi connectivity index (χ1n) is 22.2. The lowest BCUT2D eigenvalue weighted by atomic mass is 9.79. The largest absolute Gasteiger partial charge is 0.310 e. The second-order valence-electron chi connectivity index (χ2n) is 19.8. The lowest BCUT2D eigenvalue weighted by molar-refractivity contribution is 0.652. The van der Waals surface area contributed by atoms with Crippen LogP contribution >= 0.6 is 0 Å². The lowest BCUT2D eigenvalue weighted by Crippen LogP contribution is -2.17. The third kappa shape index (κ3) is 4.74. The van der Waals surface area contributed by atoms with E-state index in [1.165, 1.54) is 116 Å².